The van der Waals surface area contributed by atoms with E-state index >= 15 is 0 Å². The summed E-state index contributed by atoms with van der Waals surface area (Å²) in [6.07, 6.45) is -2.80. The summed E-state index contributed by atoms with van der Waals surface area (Å²) in [5.74, 6) is -1.22. The van der Waals surface area contributed by atoms with Gasteiger partial charge < -0.3 is 15.0 Å². The van der Waals surface area contributed by atoms with E-state index in [0.717, 1.165) is 29.3 Å². The molecule has 0 bridgehead atoms. The highest BCUT2D eigenvalue weighted by Crippen LogP contribution is 2.51. The maximum absolute atomic E-state index is 14.0. The number of amides is 2. The smallest absolute Gasteiger partial charge is 0.422 e. The van der Waals surface area contributed by atoms with Crippen molar-refractivity contribution < 1.29 is 35.9 Å². The fourth-order valence-corrected chi connectivity index (χ4v) is 7.48. The summed E-state index contributed by atoms with van der Waals surface area (Å²) in [6.45, 7) is 0.0679. The van der Waals surface area contributed by atoms with E-state index in [4.69, 9.17) is 11.6 Å². The molecule has 2 amide bonds. The summed E-state index contributed by atoms with van der Waals surface area (Å²) >= 11 is 6.19. The number of carbonyl (C=O) groups is 2. The number of carbonyl (C=O) groups excluding carboxylic acids is 2. The van der Waals surface area contributed by atoms with Crippen molar-refractivity contribution in [3.8, 4) is 11.8 Å². The fraction of sp³-hybridized carbons (Fsp3) is 0.464. The molecule has 0 aromatic heterocycles. The number of rotatable bonds is 8. The van der Waals surface area contributed by atoms with Gasteiger partial charge in [0.2, 0.25) is 11.8 Å². The molecule has 3 fully saturated rings. The van der Waals surface area contributed by atoms with Crippen molar-refractivity contribution >= 4 is 33.3 Å². The van der Waals surface area contributed by atoms with Crippen molar-refractivity contribution in [3.63, 3.8) is 0 Å². The van der Waals surface area contributed by atoms with Crippen LogP contribution in [0.2, 0.25) is 5.02 Å². The van der Waals surface area contributed by atoms with Gasteiger partial charge in [-0.15, -0.1) is 0 Å². The number of nitrogens with one attached hydrogen (secondary N) is 1. The van der Waals surface area contributed by atoms with Crippen LogP contribution < -0.4 is 10.1 Å². The molecular formula is C28H27ClF3N3O5S. The van der Waals surface area contributed by atoms with Crippen LogP contribution in [0.1, 0.15) is 43.2 Å². The Morgan fingerprint density at radius 3 is 2.34 bits per heavy atom. The van der Waals surface area contributed by atoms with Crippen LogP contribution in [0, 0.1) is 18.3 Å². The van der Waals surface area contributed by atoms with Gasteiger partial charge in [-0.3, -0.25) is 9.59 Å². The second-order valence-corrected chi connectivity index (χ2v) is 13.6. The van der Waals surface area contributed by atoms with E-state index in [9.17, 15) is 36.4 Å². The van der Waals surface area contributed by atoms with Gasteiger partial charge in [-0.05, 0) is 56.7 Å². The van der Waals surface area contributed by atoms with Crippen molar-refractivity contribution in [2.75, 3.05) is 13.2 Å². The summed E-state index contributed by atoms with van der Waals surface area (Å²) in [5.41, 5.74) is -0.0924. The van der Waals surface area contributed by atoms with Gasteiger partial charge in [-0.2, -0.15) is 18.4 Å². The molecule has 0 unspecified atom stereocenters. The zero-order valence-electron chi connectivity index (χ0n) is 22.0. The largest absolute Gasteiger partial charge is 0.484 e. The highest BCUT2D eigenvalue weighted by molar-refractivity contribution is 7.92. The molecule has 0 radical (unpaired) electrons. The standard InChI is InChI=1S/C28H27ClF3N3O5S/c1-17-2-4-18(5-3-17)27(10-11-27)25(37)35-14-20(13-22(35)24(36)34-26(15-33)8-9-26)41(38,39)23-7-6-19(12-21(23)29)40-16-28(30,31)32/h2-7,12,20,22H,8-11,13-14,16H2,1H3,(H,34,36)/t20-,22+/m1/s1. The second kappa shape index (κ2) is 10.2. The molecular weight excluding hydrogens is 583 g/mol. The fourth-order valence-electron chi connectivity index (χ4n) is 5.25. The van der Waals surface area contributed by atoms with E-state index < -0.39 is 50.8 Å². The van der Waals surface area contributed by atoms with Crippen molar-refractivity contribution in [3.05, 3.63) is 58.6 Å². The molecule has 2 atom stereocenters. The summed E-state index contributed by atoms with van der Waals surface area (Å²) < 4.78 is 69.7. The van der Waals surface area contributed by atoms with Gasteiger partial charge in [-0.25, -0.2) is 8.42 Å². The molecule has 8 nitrogen and oxygen atoms in total. The number of ether oxygens (including phenoxy) is 1. The SMILES string of the molecule is Cc1ccc(C2(C(=O)N3C[C@H](S(=O)(=O)c4ccc(OCC(F)(F)F)cc4Cl)C[C@H]3C(=O)NC3(C#N)CC3)CC2)cc1. The number of benzene rings is 2. The normalized spacial score (nSPS) is 22.5. The minimum atomic E-state index is -4.59. The average Bonchev–Trinajstić information content (AvgIpc) is 3.83. The van der Waals surface area contributed by atoms with E-state index in [2.05, 4.69) is 16.1 Å². The van der Waals surface area contributed by atoms with Gasteiger partial charge >= 0.3 is 6.18 Å². The Hall–Kier alpha value is -3.30. The first kappa shape index (κ1) is 29.2. The maximum Gasteiger partial charge on any atom is 0.422 e. The van der Waals surface area contributed by atoms with Crippen LogP contribution in [0.3, 0.4) is 0 Å². The quantitative estimate of drug-likeness (QED) is 0.479. The number of sulfone groups is 1. The Morgan fingerprint density at radius 2 is 1.80 bits per heavy atom. The lowest BCUT2D eigenvalue weighted by atomic mass is 9.93. The highest BCUT2D eigenvalue weighted by Gasteiger charge is 2.58. The molecule has 2 saturated carbocycles. The molecule has 2 aliphatic carbocycles. The molecule has 2 aromatic carbocycles. The Bertz CT molecular complexity index is 1530. The van der Waals surface area contributed by atoms with Crippen LogP contribution >= 0.6 is 11.6 Å². The van der Waals surface area contributed by atoms with E-state index in [1.807, 2.05) is 31.2 Å². The first-order valence-electron chi connectivity index (χ1n) is 13.0. The number of nitrogens with zero attached hydrogens (tertiary/aromatic N) is 2. The number of aryl methyl sites for hydroxylation is 1. The lowest BCUT2D eigenvalue weighted by Crippen LogP contribution is -2.51. The van der Waals surface area contributed by atoms with Gasteiger partial charge in [0.15, 0.2) is 16.4 Å². The molecule has 1 aliphatic heterocycles. The van der Waals surface area contributed by atoms with E-state index in [0.29, 0.717) is 25.7 Å². The lowest BCUT2D eigenvalue weighted by molar-refractivity contribution is -0.153. The van der Waals surface area contributed by atoms with Crippen LogP contribution in [0.15, 0.2) is 47.4 Å². The number of nitriles is 1. The van der Waals surface area contributed by atoms with Crippen LogP contribution in [-0.4, -0.2) is 61.3 Å². The Kier molecular flexibility index (Phi) is 7.27. The predicted molar refractivity (Wildman–Crippen MR) is 142 cm³/mol. The van der Waals surface area contributed by atoms with Crippen molar-refractivity contribution in [1.82, 2.24) is 10.2 Å². The Morgan fingerprint density at radius 1 is 1.15 bits per heavy atom. The molecule has 2 aromatic rings. The summed E-state index contributed by atoms with van der Waals surface area (Å²) in [7, 11) is -4.24. The molecule has 0 spiro atoms. The van der Waals surface area contributed by atoms with Crippen LogP contribution in [0.4, 0.5) is 13.2 Å². The van der Waals surface area contributed by atoms with E-state index in [1.165, 1.54) is 4.90 Å². The number of hydrogen-bond donors (Lipinski definition) is 1. The predicted octanol–water partition coefficient (Wildman–Crippen LogP) is 4.24. The molecule has 13 heteroatoms. The number of hydrogen-bond acceptors (Lipinski definition) is 6. The third-order valence-electron chi connectivity index (χ3n) is 7.97. The maximum atomic E-state index is 14.0. The Balaban J connectivity index is 1.43. The molecule has 41 heavy (non-hydrogen) atoms. The first-order valence-corrected chi connectivity index (χ1v) is 15.0. The van der Waals surface area contributed by atoms with E-state index in [1.54, 1.807) is 0 Å². The molecule has 5 rings (SSSR count). The molecule has 1 saturated heterocycles. The van der Waals surface area contributed by atoms with Gasteiger partial charge in [0, 0.05) is 12.6 Å². The number of likely N-dealkylation sites (tertiary alicyclic amines) is 1. The third-order valence-corrected chi connectivity index (χ3v) is 10.6. The lowest BCUT2D eigenvalue weighted by Gasteiger charge is -2.29. The highest BCUT2D eigenvalue weighted by atomic mass is 35.5. The van der Waals surface area contributed by atoms with Crippen molar-refractivity contribution in [2.45, 2.75) is 72.3 Å². The molecule has 218 valence electrons. The van der Waals surface area contributed by atoms with Gasteiger partial charge in [0.25, 0.3) is 0 Å². The van der Waals surface area contributed by atoms with Crippen LogP contribution in [-0.2, 0) is 24.8 Å². The monoisotopic (exact) mass is 609 g/mol. The molecule has 1 heterocycles. The Labute approximate surface area is 240 Å². The van der Waals surface area contributed by atoms with Gasteiger partial charge in [-0.1, -0.05) is 41.4 Å². The molecule has 1 N–H and O–H groups in total. The van der Waals surface area contributed by atoms with Crippen molar-refractivity contribution in [1.29, 1.82) is 5.26 Å². The zero-order valence-corrected chi connectivity index (χ0v) is 23.6. The second-order valence-electron chi connectivity index (χ2n) is 11.0. The number of halogens is 4. The van der Waals surface area contributed by atoms with Gasteiger partial charge in [0.1, 0.15) is 17.3 Å². The average molecular weight is 610 g/mol. The third kappa shape index (κ3) is 5.75. The van der Waals surface area contributed by atoms with Gasteiger partial charge in [0.05, 0.1) is 26.7 Å². The van der Waals surface area contributed by atoms with Crippen molar-refractivity contribution in [2.24, 2.45) is 0 Å². The minimum Gasteiger partial charge on any atom is -0.484 e. The summed E-state index contributed by atoms with van der Waals surface area (Å²) in [6, 6.07) is 11.6. The first-order chi connectivity index (χ1) is 19.2. The number of alkyl halides is 3. The topological polar surface area (TPSA) is 117 Å². The zero-order chi connectivity index (χ0) is 29.8. The van der Waals surface area contributed by atoms with Crippen LogP contribution in [0.5, 0.6) is 5.75 Å². The van der Waals surface area contributed by atoms with Crippen LogP contribution in [0.25, 0.3) is 0 Å². The summed E-state index contributed by atoms with van der Waals surface area (Å²) in [5, 5.41) is 10.6. The molecule has 3 aliphatic rings. The van der Waals surface area contributed by atoms with E-state index in [-0.39, 0.29) is 34.5 Å². The minimum absolute atomic E-state index is 0.228. The summed E-state index contributed by atoms with van der Waals surface area (Å²) in [4.78, 5) is 28.4.